The third kappa shape index (κ3) is 3.45. The zero-order chi connectivity index (χ0) is 13.6. The minimum atomic E-state index is -2.69. The lowest BCUT2D eigenvalue weighted by Crippen LogP contribution is -2.58. The maximum absolute atomic E-state index is 11.1. The summed E-state index contributed by atoms with van der Waals surface area (Å²) in [6.07, 6.45) is 1.45. The van der Waals surface area contributed by atoms with Gasteiger partial charge in [0.15, 0.2) is 0 Å². The first-order valence-electron chi connectivity index (χ1n) is 4.09. The highest BCUT2D eigenvalue weighted by Crippen LogP contribution is 2.07. The molecule has 0 atom stereocenters. The highest BCUT2D eigenvalue weighted by Gasteiger charge is 2.45. The van der Waals surface area contributed by atoms with Gasteiger partial charge < -0.3 is 20.6 Å². The molecule has 1 amide bonds. The van der Waals surface area contributed by atoms with Crippen molar-refractivity contribution in [3.8, 4) is 0 Å². The number of carboxylic acid groups (broad SMARTS) is 3. The van der Waals surface area contributed by atoms with E-state index < -0.39 is 29.4 Å². The highest BCUT2D eigenvalue weighted by molar-refractivity contribution is 6.10. The van der Waals surface area contributed by atoms with Crippen LogP contribution in [0.1, 0.15) is 0 Å². The number of carboxylic acids is 3. The van der Waals surface area contributed by atoms with Gasteiger partial charge in [-0.15, -0.1) is 0 Å². The molecule has 0 rings (SSSR count). The summed E-state index contributed by atoms with van der Waals surface area (Å²) in [5.74, 6) is -6.32. The second-order valence-corrected chi connectivity index (χ2v) is 2.78. The summed E-state index contributed by atoms with van der Waals surface area (Å²) < 4.78 is 0. The van der Waals surface area contributed by atoms with Crippen LogP contribution < -0.4 is 5.32 Å². The van der Waals surface area contributed by atoms with Gasteiger partial charge in [-0.25, -0.2) is 14.4 Å². The number of hydrogen-bond donors (Lipinski definition) is 4. The lowest BCUT2D eigenvalue weighted by Gasteiger charge is -2.21. The van der Waals surface area contributed by atoms with Crippen molar-refractivity contribution in [1.82, 2.24) is 5.32 Å². The fourth-order valence-electron chi connectivity index (χ4n) is 0.807. The van der Waals surface area contributed by atoms with Gasteiger partial charge in [-0.3, -0.25) is 4.79 Å². The molecule has 0 aliphatic carbocycles. The van der Waals surface area contributed by atoms with Gasteiger partial charge in [-0.1, -0.05) is 6.58 Å². The van der Waals surface area contributed by atoms with E-state index in [4.69, 9.17) is 15.3 Å². The zero-order valence-corrected chi connectivity index (χ0v) is 8.41. The molecule has 0 aromatic carbocycles. The molecule has 0 fully saturated rings. The molecule has 0 aromatic rings. The molecule has 0 saturated carbocycles. The first-order valence-corrected chi connectivity index (χ1v) is 4.09. The summed E-state index contributed by atoms with van der Waals surface area (Å²) in [4.78, 5) is 42.7. The predicted octanol–water partition coefficient (Wildman–Crippen LogP) is -1.16. The topological polar surface area (TPSA) is 141 Å². The Balaban J connectivity index is 5.08. The Labute approximate surface area is 94.9 Å². The summed E-state index contributed by atoms with van der Waals surface area (Å²) in [5.41, 5.74) is -2.69. The van der Waals surface area contributed by atoms with E-state index in [9.17, 15) is 19.2 Å². The average Bonchev–Trinajstić information content (AvgIpc) is 2.22. The normalized spacial score (nSPS) is 10.8. The predicted molar refractivity (Wildman–Crippen MR) is 53.1 cm³/mol. The van der Waals surface area contributed by atoms with Crippen molar-refractivity contribution >= 4 is 23.8 Å². The van der Waals surface area contributed by atoms with Gasteiger partial charge in [0.2, 0.25) is 5.91 Å². The van der Waals surface area contributed by atoms with E-state index in [2.05, 4.69) is 6.58 Å². The number of hydrogen-bond acceptors (Lipinski definition) is 4. The van der Waals surface area contributed by atoms with Gasteiger partial charge in [0.25, 0.3) is 5.54 Å². The number of carbonyl (C=O) groups is 4. The van der Waals surface area contributed by atoms with Crippen molar-refractivity contribution in [3.05, 3.63) is 24.8 Å². The Hall–Kier alpha value is -2.64. The summed E-state index contributed by atoms with van der Waals surface area (Å²) in [5, 5.41) is 27.3. The molecule has 0 aliphatic rings. The Morgan fingerprint density at radius 1 is 1.00 bits per heavy atom. The molecule has 0 bridgehead atoms. The van der Waals surface area contributed by atoms with E-state index in [1.54, 1.807) is 5.32 Å². The molecule has 8 nitrogen and oxygen atoms in total. The minimum absolute atomic E-state index is 0.437. The Kier molecular flexibility index (Phi) is 4.60. The molecule has 0 unspecified atom stereocenters. The summed E-state index contributed by atoms with van der Waals surface area (Å²) in [6.45, 7) is 3.01. The van der Waals surface area contributed by atoms with Gasteiger partial charge in [0, 0.05) is 12.2 Å². The number of nitrogens with one attached hydrogen (secondary N) is 1. The standard InChI is InChI=1S/C9H9NO7/c1-2-9(7(14)15,8(16)17)10-5(11)3-4-6(12)13/h2-4H,1H2,(H,10,11)(H,12,13)(H,14,15)(H,16,17)/b4-3-. The Bertz CT molecular complexity index is 396. The third-order valence-corrected chi connectivity index (χ3v) is 1.68. The summed E-state index contributed by atoms with van der Waals surface area (Å²) in [6, 6.07) is 0. The first kappa shape index (κ1) is 14.4. The van der Waals surface area contributed by atoms with Crippen LogP contribution in [0.4, 0.5) is 0 Å². The van der Waals surface area contributed by atoms with E-state index in [0.717, 1.165) is 0 Å². The van der Waals surface area contributed by atoms with Crippen LogP contribution in [-0.2, 0) is 19.2 Å². The SMILES string of the molecule is C=CC(NC(=O)/C=C\C(=O)O)(C(=O)O)C(=O)O. The highest BCUT2D eigenvalue weighted by atomic mass is 16.4. The molecule has 0 heterocycles. The van der Waals surface area contributed by atoms with Crippen LogP contribution in [0.2, 0.25) is 0 Å². The number of amides is 1. The smallest absolute Gasteiger partial charge is 0.345 e. The molecule has 8 heteroatoms. The van der Waals surface area contributed by atoms with Crippen molar-refractivity contribution in [2.24, 2.45) is 0 Å². The Morgan fingerprint density at radius 3 is 1.76 bits per heavy atom. The van der Waals surface area contributed by atoms with E-state index in [-0.39, 0.29) is 0 Å². The summed E-state index contributed by atoms with van der Waals surface area (Å²) >= 11 is 0. The van der Waals surface area contributed by atoms with Crippen LogP contribution >= 0.6 is 0 Å². The van der Waals surface area contributed by atoms with Crippen molar-refractivity contribution in [2.45, 2.75) is 5.54 Å². The van der Waals surface area contributed by atoms with E-state index >= 15 is 0 Å². The number of rotatable bonds is 6. The van der Waals surface area contributed by atoms with Crippen LogP contribution in [0.3, 0.4) is 0 Å². The van der Waals surface area contributed by atoms with Crippen molar-refractivity contribution in [1.29, 1.82) is 0 Å². The average molecular weight is 243 g/mol. The fourth-order valence-corrected chi connectivity index (χ4v) is 0.807. The van der Waals surface area contributed by atoms with Crippen LogP contribution in [0.25, 0.3) is 0 Å². The van der Waals surface area contributed by atoms with Crippen LogP contribution in [-0.4, -0.2) is 44.7 Å². The zero-order valence-electron chi connectivity index (χ0n) is 8.41. The molecule has 0 spiro atoms. The van der Waals surface area contributed by atoms with Crippen LogP contribution in [0, 0.1) is 0 Å². The largest absolute Gasteiger partial charge is 0.479 e. The molecule has 92 valence electrons. The molecule has 0 aliphatic heterocycles. The molecule has 4 N–H and O–H groups in total. The molecular weight excluding hydrogens is 234 g/mol. The molecule has 0 saturated heterocycles. The maximum Gasteiger partial charge on any atom is 0.345 e. The second kappa shape index (κ2) is 5.45. The van der Waals surface area contributed by atoms with Gasteiger partial charge >= 0.3 is 17.9 Å². The lowest BCUT2D eigenvalue weighted by atomic mass is 10.0. The fraction of sp³-hybridized carbons (Fsp3) is 0.111. The van der Waals surface area contributed by atoms with Crippen molar-refractivity contribution in [2.75, 3.05) is 0 Å². The summed E-state index contributed by atoms with van der Waals surface area (Å²) in [7, 11) is 0. The Morgan fingerprint density at radius 2 is 1.47 bits per heavy atom. The van der Waals surface area contributed by atoms with Crippen LogP contribution in [0.15, 0.2) is 24.8 Å². The number of carbonyl (C=O) groups excluding carboxylic acids is 1. The van der Waals surface area contributed by atoms with Gasteiger partial charge in [-0.2, -0.15) is 0 Å². The molecule has 0 aromatic heterocycles. The van der Waals surface area contributed by atoms with Crippen molar-refractivity contribution < 1.29 is 34.5 Å². The second-order valence-electron chi connectivity index (χ2n) is 2.78. The van der Waals surface area contributed by atoms with Crippen molar-refractivity contribution in [3.63, 3.8) is 0 Å². The van der Waals surface area contributed by atoms with E-state index in [1.165, 1.54) is 0 Å². The van der Waals surface area contributed by atoms with Gasteiger partial charge in [-0.05, 0) is 6.08 Å². The monoisotopic (exact) mass is 243 g/mol. The maximum atomic E-state index is 11.1. The molecule has 17 heavy (non-hydrogen) atoms. The van der Waals surface area contributed by atoms with Gasteiger partial charge in [0.1, 0.15) is 0 Å². The van der Waals surface area contributed by atoms with E-state index in [0.29, 0.717) is 18.2 Å². The molecular formula is C9H9NO7. The number of aliphatic carboxylic acids is 3. The van der Waals surface area contributed by atoms with E-state index in [1.807, 2.05) is 0 Å². The quantitative estimate of drug-likeness (QED) is 0.262. The van der Waals surface area contributed by atoms with Crippen LogP contribution in [0.5, 0.6) is 0 Å². The third-order valence-electron chi connectivity index (χ3n) is 1.68. The van der Waals surface area contributed by atoms with Gasteiger partial charge in [0.05, 0.1) is 0 Å². The minimum Gasteiger partial charge on any atom is -0.479 e. The molecule has 0 radical (unpaired) electrons. The first-order chi connectivity index (χ1) is 7.76. The lowest BCUT2D eigenvalue weighted by molar-refractivity contribution is -0.157.